The van der Waals surface area contributed by atoms with E-state index in [1.807, 2.05) is 13.8 Å². The Labute approximate surface area is 123 Å². The normalized spacial score (nSPS) is 11.5. The molecule has 0 amide bonds. The maximum absolute atomic E-state index is 12.4. The molecule has 0 bridgehead atoms. The van der Waals surface area contributed by atoms with Gasteiger partial charge in [0.05, 0.1) is 5.69 Å². The van der Waals surface area contributed by atoms with E-state index in [4.69, 9.17) is 0 Å². The molecule has 0 aliphatic rings. The van der Waals surface area contributed by atoms with E-state index in [0.29, 0.717) is 17.1 Å². The van der Waals surface area contributed by atoms with Gasteiger partial charge in [0.15, 0.2) is 0 Å². The Hall–Kier alpha value is -1.44. The molecule has 0 fully saturated rings. The summed E-state index contributed by atoms with van der Waals surface area (Å²) in [6, 6.07) is 3.29. The lowest BCUT2D eigenvalue weighted by Crippen LogP contribution is -2.17. The second kappa shape index (κ2) is 6.34. The molecule has 0 aliphatic heterocycles. The zero-order valence-corrected chi connectivity index (χ0v) is 13.0. The molecule has 0 saturated carbocycles. The third-order valence-corrected chi connectivity index (χ3v) is 5.29. The summed E-state index contributed by atoms with van der Waals surface area (Å²) in [5, 5.41) is 4.94. The van der Waals surface area contributed by atoms with E-state index in [0.717, 1.165) is 17.0 Å². The Bertz CT molecular complexity index is 680. The average molecular weight is 311 g/mol. The van der Waals surface area contributed by atoms with Gasteiger partial charge < -0.3 is 5.32 Å². The van der Waals surface area contributed by atoms with Crippen molar-refractivity contribution in [3.8, 4) is 0 Å². The van der Waals surface area contributed by atoms with Gasteiger partial charge in [-0.2, -0.15) is 0 Å². The molecule has 2 aromatic rings. The zero-order chi connectivity index (χ0) is 14.6. The molecule has 0 aromatic carbocycles. The van der Waals surface area contributed by atoms with Crippen LogP contribution in [0.4, 0.5) is 5.69 Å². The molecule has 0 spiro atoms. The van der Waals surface area contributed by atoms with Crippen molar-refractivity contribution >= 4 is 27.0 Å². The first kappa shape index (κ1) is 15.0. The van der Waals surface area contributed by atoms with Crippen LogP contribution in [0.1, 0.15) is 17.4 Å². The van der Waals surface area contributed by atoms with Gasteiger partial charge in [-0.1, -0.05) is 6.92 Å². The minimum Gasteiger partial charge on any atom is -0.312 e. The van der Waals surface area contributed by atoms with Gasteiger partial charge in [-0.05, 0) is 36.5 Å². The van der Waals surface area contributed by atoms with Crippen molar-refractivity contribution in [1.82, 2.24) is 10.3 Å². The van der Waals surface area contributed by atoms with Crippen molar-refractivity contribution in [2.75, 3.05) is 11.3 Å². The van der Waals surface area contributed by atoms with Crippen LogP contribution in [0.25, 0.3) is 0 Å². The van der Waals surface area contributed by atoms with E-state index in [-0.39, 0.29) is 0 Å². The number of anilines is 1. The van der Waals surface area contributed by atoms with Gasteiger partial charge in [-0.25, -0.2) is 8.42 Å². The minimum absolute atomic E-state index is 0.333. The van der Waals surface area contributed by atoms with E-state index < -0.39 is 10.0 Å². The predicted octanol–water partition coefficient (Wildman–Crippen LogP) is 2.36. The van der Waals surface area contributed by atoms with E-state index in [1.54, 1.807) is 29.9 Å². The molecule has 20 heavy (non-hydrogen) atoms. The van der Waals surface area contributed by atoms with Crippen LogP contribution in [0.2, 0.25) is 0 Å². The number of nitrogens with zero attached hydrogens (tertiary/aromatic N) is 1. The Kier molecular flexibility index (Phi) is 4.74. The fourth-order valence-electron chi connectivity index (χ4n) is 1.72. The molecule has 0 radical (unpaired) electrons. The summed E-state index contributed by atoms with van der Waals surface area (Å²) in [6.07, 6.45) is 3.20. The summed E-state index contributed by atoms with van der Waals surface area (Å²) in [7, 11) is -3.56. The van der Waals surface area contributed by atoms with E-state index in [2.05, 4.69) is 15.0 Å². The van der Waals surface area contributed by atoms with Crippen molar-refractivity contribution in [2.24, 2.45) is 0 Å². The third-order valence-electron chi connectivity index (χ3n) is 2.79. The Balaban J connectivity index is 2.27. The molecular formula is C13H17N3O2S2. The number of hydrogen-bond donors (Lipinski definition) is 2. The van der Waals surface area contributed by atoms with Crippen molar-refractivity contribution in [3.63, 3.8) is 0 Å². The third kappa shape index (κ3) is 3.36. The van der Waals surface area contributed by atoms with Crippen LogP contribution in [-0.4, -0.2) is 19.9 Å². The summed E-state index contributed by atoms with van der Waals surface area (Å²) < 4.78 is 27.5. The summed E-state index contributed by atoms with van der Waals surface area (Å²) >= 11 is 1.44. The van der Waals surface area contributed by atoms with Gasteiger partial charge >= 0.3 is 0 Å². The Morgan fingerprint density at radius 3 is 2.85 bits per heavy atom. The van der Waals surface area contributed by atoms with Gasteiger partial charge in [0.25, 0.3) is 10.0 Å². The first-order valence-electron chi connectivity index (χ1n) is 6.25. The monoisotopic (exact) mass is 311 g/mol. The lowest BCUT2D eigenvalue weighted by Gasteiger charge is -2.10. The molecule has 7 heteroatoms. The van der Waals surface area contributed by atoms with Crippen molar-refractivity contribution in [3.05, 3.63) is 40.3 Å². The molecule has 5 nitrogen and oxygen atoms in total. The van der Waals surface area contributed by atoms with Gasteiger partial charge in [-0.15, -0.1) is 11.3 Å². The van der Waals surface area contributed by atoms with Crippen LogP contribution in [0.3, 0.4) is 0 Å². The zero-order valence-electron chi connectivity index (χ0n) is 11.4. The standard InChI is InChI=1S/C13H17N3O2S2/c1-3-14-9-12-13(5-7-19-12)20(17,18)16-11-4-6-15-8-10(11)2/h4-8,14H,3,9H2,1-2H3,(H,15,16). The lowest BCUT2D eigenvalue weighted by molar-refractivity contribution is 0.599. The van der Waals surface area contributed by atoms with Gasteiger partial charge in [0, 0.05) is 23.8 Å². The quantitative estimate of drug-likeness (QED) is 0.859. The molecule has 0 saturated heterocycles. The highest BCUT2D eigenvalue weighted by atomic mass is 32.2. The number of aromatic nitrogens is 1. The number of sulfonamides is 1. The largest absolute Gasteiger partial charge is 0.312 e. The van der Waals surface area contributed by atoms with Crippen LogP contribution in [0, 0.1) is 6.92 Å². The molecule has 2 heterocycles. The van der Waals surface area contributed by atoms with E-state index in [1.165, 1.54) is 11.3 Å². The number of nitrogens with one attached hydrogen (secondary N) is 2. The fraction of sp³-hybridized carbons (Fsp3) is 0.308. The van der Waals surface area contributed by atoms with E-state index >= 15 is 0 Å². The molecule has 0 aliphatic carbocycles. The Morgan fingerprint density at radius 2 is 2.15 bits per heavy atom. The van der Waals surface area contributed by atoms with Gasteiger partial charge in [-0.3, -0.25) is 9.71 Å². The number of aryl methyl sites for hydroxylation is 1. The first-order valence-corrected chi connectivity index (χ1v) is 8.61. The summed E-state index contributed by atoms with van der Waals surface area (Å²) in [6.45, 7) is 5.16. The SMILES string of the molecule is CCNCc1sccc1S(=O)(=O)Nc1ccncc1C. The maximum Gasteiger partial charge on any atom is 0.263 e. The highest BCUT2D eigenvalue weighted by molar-refractivity contribution is 7.93. The van der Waals surface area contributed by atoms with E-state index in [9.17, 15) is 8.42 Å². The van der Waals surface area contributed by atoms with Gasteiger partial charge in [0.2, 0.25) is 0 Å². The number of thiophene rings is 1. The smallest absolute Gasteiger partial charge is 0.263 e. The number of rotatable bonds is 6. The summed E-state index contributed by atoms with van der Waals surface area (Å²) in [5.41, 5.74) is 1.35. The molecule has 0 atom stereocenters. The number of pyridine rings is 1. The van der Waals surface area contributed by atoms with Crippen LogP contribution in [0.5, 0.6) is 0 Å². The first-order chi connectivity index (χ1) is 9.54. The van der Waals surface area contributed by atoms with Crippen molar-refractivity contribution < 1.29 is 8.42 Å². The lowest BCUT2D eigenvalue weighted by atomic mass is 10.3. The van der Waals surface area contributed by atoms with Crippen LogP contribution < -0.4 is 10.0 Å². The molecule has 0 unspecified atom stereocenters. The highest BCUT2D eigenvalue weighted by Crippen LogP contribution is 2.25. The predicted molar refractivity (Wildman–Crippen MR) is 81.5 cm³/mol. The topological polar surface area (TPSA) is 71.1 Å². The maximum atomic E-state index is 12.4. The second-order valence-electron chi connectivity index (χ2n) is 4.28. The van der Waals surface area contributed by atoms with Crippen molar-refractivity contribution in [2.45, 2.75) is 25.3 Å². The highest BCUT2D eigenvalue weighted by Gasteiger charge is 2.20. The van der Waals surface area contributed by atoms with Crippen LogP contribution in [-0.2, 0) is 16.6 Å². The average Bonchev–Trinajstić information content (AvgIpc) is 2.88. The fourth-order valence-corrected chi connectivity index (χ4v) is 4.27. The van der Waals surface area contributed by atoms with Crippen molar-refractivity contribution in [1.29, 1.82) is 0 Å². The Morgan fingerprint density at radius 1 is 1.35 bits per heavy atom. The molecule has 2 rings (SSSR count). The molecule has 2 aromatic heterocycles. The van der Waals surface area contributed by atoms with Crippen LogP contribution in [0.15, 0.2) is 34.8 Å². The van der Waals surface area contributed by atoms with Gasteiger partial charge in [0.1, 0.15) is 4.90 Å². The minimum atomic E-state index is -3.56. The summed E-state index contributed by atoms with van der Waals surface area (Å²) in [4.78, 5) is 5.10. The second-order valence-corrected chi connectivity index (χ2v) is 6.94. The molecule has 108 valence electrons. The molecule has 2 N–H and O–H groups in total. The number of hydrogen-bond acceptors (Lipinski definition) is 5. The summed E-state index contributed by atoms with van der Waals surface area (Å²) in [5.74, 6) is 0. The van der Waals surface area contributed by atoms with Crippen LogP contribution >= 0.6 is 11.3 Å². The molecular weight excluding hydrogens is 294 g/mol.